The highest BCUT2D eigenvalue weighted by atomic mass is 127. The predicted molar refractivity (Wildman–Crippen MR) is 77.3 cm³/mol. The molecule has 1 aliphatic rings. The van der Waals surface area contributed by atoms with Gasteiger partial charge in [0.15, 0.2) is 0 Å². The molecule has 0 atom stereocenters. The van der Waals surface area contributed by atoms with Crippen molar-refractivity contribution < 1.29 is 9.53 Å². The highest BCUT2D eigenvalue weighted by Crippen LogP contribution is 2.33. The monoisotopic (exact) mass is 362 g/mol. The molecule has 1 saturated carbocycles. The third-order valence-corrected chi connectivity index (χ3v) is 4.71. The molecule has 0 unspecified atom stereocenters. The zero-order valence-corrected chi connectivity index (χ0v) is 13.0. The summed E-state index contributed by atoms with van der Waals surface area (Å²) in [6, 6.07) is 0.444. The summed E-state index contributed by atoms with van der Waals surface area (Å²) in [5, 5.41) is 4.44. The number of carbonyl (C=O) groups is 1. The average molecular weight is 362 g/mol. The standard InChI is InChI=1S/C13H19IN2O2/c1-3-18-13(17)10-4-6-11(7-5-10)16-9(2)12(14)8-15-16/h8,10-11H,3-7H2,1-2H3. The summed E-state index contributed by atoms with van der Waals surface area (Å²) in [5.41, 5.74) is 1.23. The Morgan fingerprint density at radius 2 is 2.17 bits per heavy atom. The number of esters is 1. The molecule has 0 bridgehead atoms. The molecule has 1 heterocycles. The summed E-state index contributed by atoms with van der Waals surface area (Å²) < 4.78 is 8.41. The lowest BCUT2D eigenvalue weighted by atomic mass is 9.86. The minimum absolute atomic E-state index is 0.0253. The summed E-state index contributed by atoms with van der Waals surface area (Å²) >= 11 is 2.31. The number of hydrogen-bond acceptors (Lipinski definition) is 3. The lowest BCUT2D eigenvalue weighted by Gasteiger charge is -2.28. The molecule has 0 amide bonds. The van der Waals surface area contributed by atoms with Crippen LogP contribution >= 0.6 is 22.6 Å². The Hall–Kier alpha value is -0.590. The molecule has 0 aromatic carbocycles. The van der Waals surface area contributed by atoms with Gasteiger partial charge in [0, 0.05) is 5.69 Å². The van der Waals surface area contributed by atoms with Gasteiger partial charge in [-0.1, -0.05) is 0 Å². The topological polar surface area (TPSA) is 44.1 Å². The van der Waals surface area contributed by atoms with Gasteiger partial charge in [0.2, 0.25) is 0 Å². The van der Waals surface area contributed by atoms with Crippen LogP contribution in [0.2, 0.25) is 0 Å². The Balaban J connectivity index is 1.94. The summed E-state index contributed by atoms with van der Waals surface area (Å²) in [6.07, 6.45) is 5.77. The van der Waals surface area contributed by atoms with Crippen molar-refractivity contribution in [2.75, 3.05) is 6.61 Å². The van der Waals surface area contributed by atoms with Crippen molar-refractivity contribution in [2.24, 2.45) is 5.92 Å². The van der Waals surface area contributed by atoms with Gasteiger partial charge < -0.3 is 4.74 Å². The summed E-state index contributed by atoms with van der Waals surface area (Å²) in [4.78, 5) is 11.7. The maximum absolute atomic E-state index is 11.7. The predicted octanol–water partition coefficient (Wildman–Crippen LogP) is 3.09. The van der Waals surface area contributed by atoms with Crippen LogP contribution in [-0.4, -0.2) is 22.4 Å². The molecule has 2 rings (SSSR count). The van der Waals surface area contributed by atoms with Crippen LogP contribution in [0.5, 0.6) is 0 Å². The second-order valence-corrected chi connectivity index (χ2v) is 5.94. The number of ether oxygens (including phenoxy) is 1. The van der Waals surface area contributed by atoms with E-state index in [2.05, 4.69) is 39.3 Å². The lowest BCUT2D eigenvalue weighted by molar-refractivity contribution is -0.149. The molecule has 1 aromatic heterocycles. The van der Waals surface area contributed by atoms with Crippen LogP contribution in [0.3, 0.4) is 0 Å². The fourth-order valence-electron chi connectivity index (χ4n) is 2.59. The van der Waals surface area contributed by atoms with E-state index in [1.165, 1.54) is 9.26 Å². The third-order valence-electron chi connectivity index (χ3n) is 3.65. The van der Waals surface area contributed by atoms with Crippen molar-refractivity contribution in [1.29, 1.82) is 0 Å². The van der Waals surface area contributed by atoms with Crippen molar-refractivity contribution in [3.63, 3.8) is 0 Å². The second-order valence-electron chi connectivity index (χ2n) is 4.78. The Kier molecular flexibility index (Phi) is 4.64. The summed E-state index contributed by atoms with van der Waals surface area (Å²) in [5.74, 6) is 0.0684. The van der Waals surface area contributed by atoms with E-state index in [0.717, 1.165) is 25.7 Å². The van der Waals surface area contributed by atoms with Gasteiger partial charge in [0.05, 0.1) is 28.3 Å². The number of aromatic nitrogens is 2. The first kappa shape index (κ1) is 13.8. The van der Waals surface area contributed by atoms with E-state index in [-0.39, 0.29) is 11.9 Å². The molecule has 4 nitrogen and oxygen atoms in total. The molecular formula is C13H19IN2O2. The molecule has 0 aliphatic heterocycles. The summed E-state index contributed by atoms with van der Waals surface area (Å²) in [7, 11) is 0. The Bertz CT molecular complexity index is 423. The minimum atomic E-state index is -0.0253. The molecule has 0 saturated heterocycles. The Morgan fingerprint density at radius 3 is 2.67 bits per heavy atom. The maximum atomic E-state index is 11.7. The van der Waals surface area contributed by atoms with Gasteiger partial charge >= 0.3 is 5.97 Å². The molecule has 0 spiro atoms. The molecule has 0 radical (unpaired) electrons. The van der Waals surface area contributed by atoms with Gasteiger partial charge in [-0.25, -0.2) is 0 Å². The molecule has 18 heavy (non-hydrogen) atoms. The van der Waals surface area contributed by atoms with Gasteiger partial charge in [-0.05, 0) is 62.1 Å². The molecule has 100 valence electrons. The third kappa shape index (κ3) is 2.87. The first-order valence-corrected chi connectivity index (χ1v) is 7.57. The average Bonchev–Trinajstić information content (AvgIpc) is 2.71. The number of hydrogen-bond donors (Lipinski definition) is 0. The van der Waals surface area contributed by atoms with E-state index >= 15 is 0 Å². The van der Waals surface area contributed by atoms with E-state index in [0.29, 0.717) is 12.6 Å². The van der Waals surface area contributed by atoms with E-state index in [1.54, 1.807) is 0 Å². The van der Waals surface area contributed by atoms with E-state index in [4.69, 9.17) is 4.74 Å². The van der Waals surface area contributed by atoms with Crippen LogP contribution < -0.4 is 0 Å². The van der Waals surface area contributed by atoms with Gasteiger partial charge in [0.25, 0.3) is 0 Å². The SMILES string of the molecule is CCOC(=O)C1CCC(n2ncc(I)c2C)CC1. The van der Waals surface area contributed by atoms with Crippen LogP contribution in [0, 0.1) is 16.4 Å². The number of nitrogens with zero attached hydrogens (tertiary/aromatic N) is 2. The molecule has 0 N–H and O–H groups in total. The number of halogens is 1. The lowest BCUT2D eigenvalue weighted by Crippen LogP contribution is -2.26. The van der Waals surface area contributed by atoms with Crippen LogP contribution in [0.15, 0.2) is 6.20 Å². The van der Waals surface area contributed by atoms with Gasteiger partial charge in [-0.2, -0.15) is 5.10 Å². The molecule has 5 heteroatoms. The van der Waals surface area contributed by atoms with Crippen LogP contribution in [-0.2, 0) is 9.53 Å². The smallest absolute Gasteiger partial charge is 0.308 e. The zero-order chi connectivity index (χ0) is 13.1. The van der Waals surface area contributed by atoms with E-state index in [1.807, 2.05) is 13.1 Å². The van der Waals surface area contributed by atoms with E-state index < -0.39 is 0 Å². The quantitative estimate of drug-likeness (QED) is 0.613. The van der Waals surface area contributed by atoms with Crippen molar-refractivity contribution in [3.05, 3.63) is 15.5 Å². The highest BCUT2D eigenvalue weighted by Gasteiger charge is 2.29. The van der Waals surface area contributed by atoms with Crippen LogP contribution in [0.1, 0.15) is 44.3 Å². The molecule has 1 aromatic rings. The maximum Gasteiger partial charge on any atom is 0.308 e. The first-order chi connectivity index (χ1) is 8.63. The molecule has 1 aliphatic carbocycles. The number of rotatable bonds is 3. The van der Waals surface area contributed by atoms with Crippen molar-refractivity contribution in [2.45, 2.75) is 45.6 Å². The Morgan fingerprint density at radius 1 is 1.50 bits per heavy atom. The van der Waals surface area contributed by atoms with E-state index in [9.17, 15) is 4.79 Å². The van der Waals surface area contributed by atoms with Gasteiger partial charge in [-0.3, -0.25) is 9.48 Å². The highest BCUT2D eigenvalue weighted by molar-refractivity contribution is 14.1. The normalized spacial score (nSPS) is 23.9. The largest absolute Gasteiger partial charge is 0.466 e. The zero-order valence-electron chi connectivity index (χ0n) is 10.9. The number of carbonyl (C=O) groups excluding carboxylic acids is 1. The van der Waals surface area contributed by atoms with Crippen molar-refractivity contribution in [3.8, 4) is 0 Å². The van der Waals surface area contributed by atoms with Crippen molar-refractivity contribution in [1.82, 2.24) is 9.78 Å². The van der Waals surface area contributed by atoms with Crippen LogP contribution in [0.25, 0.3) is 0 Å². The first-order valence-electron chi connectivity index (χ1n) is 6.49. The molecule has 1 fully saturated rings. The van der Waals surface area contributed by atoms with Gasteiger partial charge in [-0.15, -0.1) is 0 Å². The summed E-state index contributed by atoms with van der Waals surface area (Å²) in [6.45, 7) is 4.44. The minimum Gasteiger partial charge on any atom is -0.466 e. The molecular weight excluding hydrogens is 343 g/mol. The Labute approximate surface area is 121 Å². The second kappa shape index (κ2) is 6.04. The fraction of sp³-hybridized carbons (Fsp3) is 0.692. The van der Waals surface area contributed by atoms with Gasteiger partial charge in [0.1, 0.15) is 0 Å². The van der Waals surface area contributed by atoms with Crippen LogP contribution in [0.4, 0.5) is 0 Å². The van der Waals surface area contributed by atoms with Crippen molar-refractivity contribution >= 4 is 28.6 Å². The fourth-order valence-corrected chi connectivity index (χ4v) is 2.96.